The molecule has 0 aromatic heterocycles. The minimum atomic E-state index is -3.61. The van der Waals surface area contributed by atoms with Gasteiger partial charge in [-0.15, -0.1) is 4.83 Å². The van der Waals surface area contributed by atoms with Gasteiger partial charge in [-0.25, -0.2) is 13.4 Å². The van der Waals surface area contributed by atoms with Crippen LogP contribution in [0.1, 0.15) is 52.0 Å². The summed E-state index contributed by atoms with van der Waals surface area (Å²) < 4.78 is 26.4. The van der Waals surface area contributed by atoms with Crippen LogP contribution in [0.2, 0.25) is 18.1 Å². The van der Waals surface area contributed by atoms with Crippen LogP contribution < -0.4 is 4.83 Å². The highest BCUT2D eigenvalue weighted by Gasteiger charge is 2.63. The third-order valence-electron chi connectivity index (χ3n) is 7.38. The van der Waals surface area contributed by atoms with Crippen molar-refractivity contribution in [2.75, 3.05) is 0 Å². The number of sulfonamides is 1. The predicted octanol–water partition coefficient (Wildman–Crippen LogP) is 4.79. The Hall–Kier alpha value is -0.953. The maximum absolute atomic E-state index is 13.2. The molecule has 2 saturated heterocycles. The van der Waals surface area contributed by atoms with Crippen LogP contribution in [0.3, 0.4) is 0 Å². The van der Waals surface area contributed by atoms with Gasteiger partial charge in [-0.2, -0.15) is 0 Å². The van der Waals surface area contributed by atoms with Crippen LogP contribution in [0.15, 0.2) is 41.3 Å². The van der Waals surface area contributed by atoms with Gasteiger partial charge in [0.1, 0.15) is 0 Å². The fraction of sp³-hybridized carbons (Fsp3) is 0.619. The number of piperidine rings is 1. The van der Waals surface area contributed by atoms with Crippen LogP contribution in [0.4, 0.5) is 0 Å². The molecule has 150 valence electrons. The Morgan fingerprint density at radius 3 is 2.37 bits per heavy atom. The Morgan fingerprint density at radius 2 is 1.81 bits per heavy atom. The Labute approximate surface area is 166 Å². The molecule has 6 heteroatoms. The summed E-state index contributed by atoms with van der Waals surface area (Å²) >= 11 is 0. The number of hydrogen-bond acceptors (Lipinski definition) is 3. The third-order valence-corrected chi connectivity index (χ3v) is 15.4. The van der Waals surface area contributed by atoms with E-state index >= 15 is 0 Å². The molecule has 27 heavy (non-hydrogen) atoms. The zero-order valence-corrected chi connectivity index (χ0v) is 19.4. The molecule has 1 N–H and O–H groups in total. The van der Waals surface area contributed by atoms with Gasteiger partial charge in [0.25, 0.3) is 10.0 Å². The average Bonchev–Trinajstić information content (AvgIpc) is 2.70. The second-order valence-electron chi connectivity index (χ2n) is 9.87. The van der Waals surface area contributed by atoms with Gasteiger partial charge in [0.2, 0.25) is 0 Å². The molecule has 0 unspecified atom stereocenters. The SMILES string of the molecule is C=C1C[C@@H]2CCC[C@@]1([Si](C)(C)C(C)(C)C)N2NS(=O)(=O)c1ccc(C)cc1. The smallest absolute Gasteiger partial charge is 0.220 e. The summed E-state index contributed by atoms with van der Waals surface area (Å²) in [6.45, 7) is 18.1. The lowest BCUT2D eigenvalue weighted by molar-refractivity contribution is 0.0863. The van der Waals surface area contributed by atoms with Crippen molar-refractivity contribution in [2.45, 2.75) is 87.6 Å². The number of aryl methyl sites for hydroxylation is 1. The number of hydrazine groups is 1. The molecule has 2 aliphatic rings. The van der Waals surface area contributed by atoms with Crippen LogP contribution in [0.25, 0.3) is 0 Å². The highest BCUT2D eigenvalue weighted by Crippen LogP contribution is 2.57. The predicted molar refractivity (Wildman–Crippen MR) is 115 cm³/mol. The molecule has 2 fully saturated rings. The maximum Gasteiger partial charge on any atom is 0.253 e. The number of hydrogen-bond donors (Lipinski definition) is 1. The molecule has 0 amide bonds. The Balaban J connectivity index is 2.05. The molecule has 2 heterocycles. The molecule has 1 aromatic rings. The average molecular weight is 407 g/mol. The summed E-state index contributed by atoms with van der Waals surface area (Å²) in [4.78, 5) is 3.35. The van der Waals surface area contributed by atoms with Crippen molar-refractivity contribution < 1.29 is 8.42 Å². The molecule has 2 atom stereocenters. The molecule has 0 saturated carbocycles. The molecule has 1 aromatic carbocycles. The first kappa shape index (κ1) is 20.8. The van der Waals surface area contributed by atoms with Gasteiger partial charge in [0.05, 0.1) is 13.0 Å². The van der Waals surface area contributed by atoms with Gasteiger partial charge in [-0.05, 0) is 49.8 Å². The molecule has 0 radical (unpaired) electrons. The van der Waals surface area contributed by atoms with Crippen LogP contribution in [-0.4, -0.2) is 32.7 Å². The van der Waals surface area contributed by atoms with E-state index in [0.717, 1.165) is 31.2 Å². The molecule has 4 nitrogen and oxygen atoms in total. The van der Waals surface area contributed by atoms with Crippen molar-refractivity contribution in [1.82, 2.24) is 9.84 Å². The second kappa shape index (κ2) is 6.54. The standard InChI is InChI=1S/C21H34N2O2SSi/c1-16-10-12-19(13-11-16)26(24,25)22-23-18-9-8-14-21(23,17(2)15-18)27(6,7)20(3,4)5/h10-13,18,22H,2,8-9,14-15H2,1,3-7H3/t18-,21-/m0/s1. The van der Waals surface area contributed by atoms with E-state index in [0.29, 0.717) is 4.90 Å². The van der Waals surface area contributed by atoms with Gasteiger partial charge < -0.3 is 0 Å². The summed E-state index contributed by atoms with van der Waals surface area (Å²) in [5, 5.41) is 2.02. The van der Waals surface area contributed by atoms with Crippen molar-refractivity contribution >= 4 is 18.1 Å². The first-order chi connectivity index (χ1) is 12.3. The van der Waals surface area contributed by atoms with Crippen LogP contribution in [0.5, 0.6) is 0 Å². The quantitative estimate of drug-likeness (QED) is 0.578. The minimum absolute atomic E-state index is 0.135. The van der Waals surface area contributed by atoms with Crippen molar-refractivity contribution in [3.8, 4) is 0 Å². The Kier molecular flexibility index (Phi) is 5.03. The largest absolute Gasteiger partial charge is 0.253 e. The number of nitrogens with one attached hydrogen (secondary N) is 1. The van der Waals surface area contributed by atoms with E-state index in [2.05, 4.69) is 50.3 Å². The number of rotatable bonds is 4. The number of nitrogens with zero attached hydrogens (tertiary/aromatic N) is 1. The molecule has 2 aliphatic heterocycles. The molecule has 3 rings (SSSR count). The van der Waals surface area contributed by atoms with Gasteiger partial charge in [-0.1, -0.05) is 63.7 Å². The summed E-state index contributed by atoms with van der Waals surface area (Å²) in [6.07, 6.45) is 4.04. The van der Waals surface area contributed by atoms with E-state index in [-0.39, 0.29) is 16.2 Å². The fourth-order valence-electron chi connectivity index (χ4n) is 4.88. The summed E-state index contributed by atoms with van der Waals surface area (Å²) in [5.41, 5.74) is 2.28. The summed E-state index contributed by atoms with van der Waals surface area (Å²) in [6, 6.07) is 7.29. The van der Waals surface area contributed by atoms with Crippen LogP contribution in [0, 0.1) is 6.92 Å². The Morgan fingerprint density at radius 1 is 1.22 bits per heavy atom. The molecular weight excluding hydrogens is 372 g/mol. The normalized spacial score (nSPS) is 27.2. The highest BCUT2D eigenvalue weighted by molar-refractivity contribution is 7.89. The van der Waals surface area contributed by atoms with E-state index < -0.39 is 18.1 Å². The summed E-state index contributed by atoms with van der Waals surface area (Å²) in [5.74, 6) is 0. The van der Waals surface area contributed by atoms with Gasteiger partial charge in [0, 0.05) is 11.2 Å². The van der Waals surface area contributed by atoms with E-state index in [1.54, 1.807) is 12.1 Å². The molecule has 0 aliphatic carbocycles. The third kappa shape index (κ3) is 3.14. The van der Waals surface area contributed by atoms with Crippen molar-refractivity contribution in [2.24, 2.45) is 0 Å². The minimum Gasteiger partial charge on any atom is -0.220 e. The van der Waals surface area contributed by atoms with Gasteiger partial charge in [-0.3, -0.25) is 0 Å². The van der Waals surface area contributed by atoms with Gasteiger partial charge >= 0.3 is 0 Å². The fourth-order valence-corrected chi connectivity index (χ4v) is 9.99. The maximum atomic E-state index is 13.2. The molecule has 0 spiro atoms. The first-order valence-electron chi connectivity index (χ1n) is 9.90. The number of benzene rings is 1. The number of fused-ring (bicyclic) bond motifs is 2. The van der Waals surface area contributed by atoms with Crippen LogP contribution in [-0.2, 0) is 10.0 Å². The second-order valence-corrected chi connectivity index (χ2v) is 17.1. The van der Waals surface area contributed by atoms with E-state index in [1.165, 1.54) is 5.57 Å². The monoisotopic (exact) mass is 406 g/mol. The summed E-state index contributed by atoms with van der Waals surface area (Å²) in [7, 11) is -5.56. The highest BCUT2D eigenvalue weighted by atomic mass is 32.2. The van der Waals surface area contributed by atoms with E-state index in [9.17, 15) is 8.42 Å². The zero-order valence-electron chi connectivity index (χ0n) is 17.6. The Bertz CT molecular complexity index is 840. The topological polar surface area (TPSA) is 49.4 Å². The zero-order chi connectivity index (χ0) is 20.3. The first-order valence-corrected chi connectivity index (χ1v) is 14.4. The van der Waals surface area contributed by atoms with Crippen molar-refractivity contribution in [3.63, 3.8) is 0 Å². The lowest BCUT2D eigenvalue weighted by Crippen LogP contribution is -2.72. The lowest BCUT2D eigenvalue weighted by Gasteiger charge is -2.57. The van der Waals surface area contributed by atoms with Crippen molar-refractivity contribution in [3.05, 3.63) is 42.0 Å². The molecular formula is C21H34N2O2SSi. The molecule has 2 bridgehead atoms. The van der Waals surface area contributed by atoms with Gasteiger partial charge in [0.15, 0.2) is 0 Å². The van der Waals surface area contributed by atoms with Crippen molar-refractivity contribution in [1.29, 1.82) is 0 Å². The lowest BCUT2D eigenvalue weighted by atomic mass is 10.0. The van der Waals surface area contributed by atoms with Crippen LogP contribution >= 0.6 is 0 Å². The van der Waals surface area contributed by atoms with E-state index in [4.69, 9.17) is 0 Å². The van der Waals surface area contributed by atoms with E-state index in [1.807, 2.05) is 19.1 Å².